The maximum Gasteiger partial charge on any atom is 0.251 e. The third-order valence-electron chi connectivity index (χ3n) is 5.00. The third kappa shape index (κ3) is 5.05. The number of benzene rings is 1. The van der Waals surface area contributed by atoms with Crippen molar-refractivity contribution >= 4 is 15.9 Å². The molecule has 0 spiro atoms. The van der Waals surface area contributed by atoms with Crippen molar-refractivity contribution in [3.05, 3.63) is 29.3 Å². The number of hydrogen-bond acceptors (Lipinski definition) is 3. The van der Waals surface area contributed by atoms with Gasteiger partial charge in [-0.25, -0.2) is 13.1 Å². The fraction of sp³-hybridized carbons (Fsp3) is 0.632. The summed E-state index contributed by atoms with van der Waals surface area (Å²) in [7, 11) is -3.56. The van der Waals surface area contributed by atoms with Gasteiger partial charge in [-0.2, -0.15) is 0 Å². The van der Waals surface area contributed by atoms with Crippen LogP contribution < -0.4 is 10.0 Å². The van der Waals surface area contributed by atoms with Crippen LogP contribution in [0.2, 0.25) is 0 Å². The summed E-state index contributed by atoms with van der Waals surface area (Å²) in [6, 6.07) is 4.93. The average molecular weight is 367 g/mol. The average Bonchev–Trinajstić information content (AvgIpc) is 3.00. The summed E-state index contributed by atoms with van der Waals surface area (Å²) in [5.41, 5.74) is 1.23. The first-order chi connectivity index (χ1) is 11.9. The number of aryl methyl sites for hydroxylation is 1. The second-order valence-electron chi connectivity index (χ2n) is 6.89. The van der Waals surface area contributed by atoms with Gasteiger partial charge in [0.15, 0.2) is 0 Å². The van der Waals surface area contributed by atoms with Gasteiger partial charge in [0.2, 0.25) is 10.0 Å². The predicted molar refractivity (Wildman–Crippen MR) is 100 cm³/mol. The minimum Gasteiger partial charge on any atom is -0.349 e. The van der Waals surface area contributed by atoms with Crippen molar-refractivity contribution in [3.63, 3.8) is 0 Å². The highest BCUT2D eigenvalue weighted by atomic mass is 32.2. The van der Waals surface area contributed by atoms with E-state index in [9.17, 15) is 13.2 Å². The Balaban J connectivity index is 2.16. The number of sulfonamides is 1. The van der Waals surface area contributed by atoms with Gasteiger partial charge in [0.05, 0.1) is 4.90 Å². The standard InChI is InChI=1S/C19H30N2O3S/c1-4-6-8-15-9-7-10-18(15)21-19(22)17-13-16(12-11-14(17)3)25(23,24)20-5-2/h11-13,15,18,20H,4-10H2,1-3H3,(H,21,22). The number of rotatable bonds is 8. The predicted octanol–water partition coefficient (Wildman–Crippen LogP) is 3.38. The maximum atomic E-state index is 12.8. The molecule has 0 aromatic heterocycles. The molecule has 5 nitrogen and oxygen atoms in total. The van der Waals surface area contributed by atoms with Crippen molar-refractivity contribution in [1.82, 2.24) is 10.0 Å². The Morgan fingerprint density at radius 3 is 2.68 bits per heavy atom. The van der Waals surface area contributed by atoms with Crippen LogP contribution >= 0.6 is 0 Å². The molecule has 0 saturated heterocycles. The first-order valence-electron chi connectivity index (χ1n) is 9.30. The Labute approximate surface area is 151 Å². The lowest BCUT2D eigenvalue weighted by Crippen LogP contribution is -2.37. The Bertz CT molecular complexity index is 701. The van der Waals surface area contributed by atoms with Gasteiger partial charge in [-0.1, -0.05) is 39.2 Å². The molecule has 2 N–H and O–H groups in total. The SMILES string of the molecule is CCCCC1CCCC1NC(=O)c1cc(S(=O)(=O)NCC)ccc1C. The molecular weight excluding hydrogens is 336 g/mol. The number of nitrogens with one attached hydrogen (secondary N) is 2. The molecule has 1 aromatic rings. The molecule has 1 amide bonds. The fourth-order valence-electron chi connectivity index (χ4n) is 3.57. The van der Waals surface area contributed by atoms with Crippen LogP contribution in [0.5, 0.6) is 0 Å². The third-order valence-corrected chi connectivity index (χ3v) is 6.55. The normalized spacial score (nSPS) is 20.6. The molecule has 2 unspecified atom stereocenters. The summed E-state index contributed by atoms with van der Waals surface area (Å²) < 4.78 is 26.8. The molecule has 0 heterocycles. The molecule has 1 aromatic carbocycles. The van der Waals surface area contributed by atoms with E-state index in [0.717, 1.165) is 24.8 Å². The van der Waals surface area contributed by atoms with Crippen LogP contribution in [-0.2, 0) is 10.0 Å². The summed E-state index contributed by atoms with van der Waals surface area (Å²) in [5, 5.41) is 3.15. The number of carbonyl (C=O) groups excluding carboxylic acids is 1. The van der Waals surface area contributed by atoms with Crippen LogP contribution in [-0.4, -0.2) is 26.9 Å². The summed E-state index contributed by atoms with van der Waals surface area (Å²) in [6.45, 7) is 6.07. The van der Waals surface area contributed by atoms with Gasteiger partial charge in [0, 0.05) is 18.2 Å². The number of unbranched alkanes of at least 4 members (excludes halogenated alkanes) is 1. The van der Waals surface area contributed by atoms with Gasteiger partial charge < -0.3 is 5.32 Å². The highest BCUT2D eigenvalue weighted by Gasteiger charge is 2.28. The zero-order chi connectivity index (χ0) is 18.4. The van der Waals surface area contributed by atoms with Gasteiger partial charge in [0.25, 0.3) is 5.91 Å². The smallest absolute Gasteiger partial charge is 0.251 e. The topological polar surface area (TPSA) is 75.3 Å². The molecule has 2 rings (SSSR count). The van der Waals surface area contributed by atoms with Gasteiger partial charge in [-0.3, -0.25) is 4.79 Å². The van der Waals surface area contributed by atoms with Crippen LogP contribution in [0.4, 0.5) is 0 Å². The van der Waals surface area contributed by atoms with Crippen molar-refractivity contribution in [3.8, 4) is 0 Å². The van der Waals surface area contributed by atoms with Crippen molar-refractivity contribution in [1.29, 1.82) is 0 Å². The molecule has 140 valence electrons. The van der Waals surface area contributed by atoms with Crippen molar-refractivity contribution in [2.24, 2.45) is 5.92 Å². The van der Waals surface area contributed by atoms with E-state index in [1.54, 1.807) is 19.1 Å². The van der Waals surface area contributed by atoms with E-state index in [1.165, 1.54) is 25.3 Å². The number of amides is 1. The van der Waals surface area contributed by atoms with E-state index >= 15 is 0 Å². The van der Waals surface area contributed by atoms with Gasteiger partial charge in [-0.05, 0) is 49.8 Å². The zero-order valence-electron chi connectivity index (χ0n) is 15.5. The minimum absolute atomic E-state index is 0.138. The monoisotopic (exact) mass is 366 g/mol. The zero-order valence-corrected chi connectivity index (χ0v) is 16.3. The van der Waals surface area contributed by atoms with Crippen LogP contribution in [0.25, 0.3) is 0 Å². The molecule has 0 radical (unpaired) electrons. The molecule has 1 aliphatic carbocycles. The molecule has 0 bridgehead atoms. The van der Waals surface area contributed by atoms with E-state index in [4.69, 9.17) is 0 Å². The van der Waals surface area contributed by atoms with Gasteiger partial charge >= 0.3 is 0 Å². The molecule has 1 fully saturated rings. The first-order valence-corrected chi connectivity index (χ1v) is 10.8. The van der Waals surface area contributed by atoms with Crippen LogP contribution in [0.3, 0.4) is 0 Å². The Kier molecular flexibility index (Phi) is 7.02. The molecule has 25 heavy (non-hydrogen) atoms. The molecule has 6 heteroatoms. The molecular formula is C19H30N2O3S. The van der Waals surface area contributed by atoms with Crippen LogP contribution in [0.1, 0.15) is 68.3 Å². The summed E-state index contributed by atoms with van der Waals surface area (Å²) in [4.78, 5) is 12.9. The molecule has 2 atom stereocenters. The van der Waals surface area contributed by atoms with Crippen LogP contribution in [0, 0.1) is 12.8 Å². The molecule has 1 aliphatic rings. The first kappa shape index (κ1) is 19.9. The largest absolute Gasteiger partial charge is 0.349 e. The highest BCUT2D eigenvalue weighted by Crippen LogP contribution is 2.30. The van der Waals surface area contributed by atoms with Crippen molar-refractivity contribution in [2.75, 3.05) is 6.54 Å². The Morgan fingerprint density at radius 2 is 2.00 bits per heavy atom. The second kappa shape index (κ2) is 8.81. The van der Waals surface area contributed by atoms with Crippen molar-refractivity contribution < 1.29 is 13.2 Å². The van der Waals surface area contributed by atoms with E-state index in [1.807, 2.05) is 6.92 Å². The van der Waals surface area contributed by atoms with Crippen LogP contribution in [0.15, 0.2) is 23.1 Å². The fourth-order valence-corrected chi connectivity index (χ4v) is 4.64. The van der Waals surface area contributed by atoms with E-state index in [2.05, 4.69) is 17.0 Å². The Morgan fingerprint density at radius 1 is 1.24 bits per heavy atom. The lowest BCUT2D eigenvalue weighted by atomic mass is 9.96. The highest BCUT2D eigenvalue weighted by molar-refractivity contribution is 7.89. The Hall–Kier alpha value is -1.40. The summed E-state index contributed by atoms with van der Waals surface area (Å²) in [6.07, 6.45) is 6.82. The second-order valence-corrected chi connectivity index (χ2v) is 8.66. The maximum absolute atomic E-state index is 12.8. The molecule has 1 saturated carbocycles. The van der Waals surface area contributed by atoms with E-state index < -0.39 is 10.0 Å². The lowest BCUT2D eigenvalue weighted by molar-refractivity contribution is 0.0925. The van der Waals surface area contributed by atoms with E-state index in [-0.39, 0.29) is 16.8 Å². The van der Waals surface area contributed by atoms with Crippen molar-refractivity contribution in [2.45, 2.75) is 70.2 Å². The van der Waals surface area contributed by atoms with Gasteiger partial charge in [-0.15, -0.1) is 0 Å². The lowest BCUT2D eigenvalue weighted by Gasteiger charge is -2.21. The summed E-state index contributed by atoms with van der Waals surface area (Å²) in [5.74, 6) is 0.373. The molecule has 0 aliphatic heterocycles. The quantitative estimate of drug-likeness (QED) is 0.740. The van der Waals surface area contributed by atoms with Gasteiger partial charge in [0.1, 0.15) is 0 Å². The summed E-state index contributed by atoms with van der Waals surface area (Å²) >= 11 is 0. The number of hydrogen-bond donors (Lipinski definition) is 2. The number of carbonyl (C=O) groups is 1. The minimum atomic E-state index is -3.56. The van der Waals surface area contributed by atoms with E-state index in [0.29, 0.717) is 18.0 Å².